The number of carbonyl (C=O) groups is 1. The predicted octanol–water partition coefficient (Wildman–Crippen LogP) is 2.49. The first-order chi connectivity index (χ1) is 17.9. The van der Waals surface area contributed by atoms with E-state index in [9.17, 15) is 27.9 Å². The number of amidine groups is 2. The molecule has 1 aromatic heterocycles. The molecule has 0 spiro atoms. The van der Waals surface area contributed by atoms with Crippen molar-refractivity contribution >= 4 is 40.8 Å². The summed E-state index contributed by atoms with van der Waals surface area (Å²) in [6.07, 6.45) is -7.81. The van der Waals surface area contributed by atoms with Crippen LogP contribution in [0.25, 0.3) is 11.4 Å². The highest BCUT2D eigenvalue weighted by molar-refractivity contribution is 6.34. The van der Waals surface area contributed by atoms with Gasteiger partial charge in [-0.05, 0) is 36.4 Å². The summed E-state index contributed by atoms with van der Waals surface area (Å²) >= 11 is 12.2. The molecule has 0 aliphatic rings. The van der Waals surface area contributed by atoms with Crippen LogP contribution >= 0.6 is 23.2 Å². The summed E-state index contributed by atoms with van der Waals surface area (Å²) in [6.45, 7) is -1.98. The molecule has 3 rings (SSSR count). The molecule has 0 unspecified atom stereocenters. The van der Waals surface area contributed by atoms with E-state index in [0.29, 0.717) is 20.2 Å². The number of primary amides is 1. The van der Waals surface area contributed by atoms with Gasteiger partial charge in [0.2, 0.25) is 5.91 Å². The second-order valence-corrected chi connectivity index (χ2v) is 8.69. The highest BCUT2D eigenvalue weighted by Crippen LogP contribution is 2.24. The Kier molecular flexibility index (Phi) is 9.31. The molecule has 0 fully saturated rings. The summed E-state index contributed by atoms with van der Waals surface area (Å²) in [5.41, 5.74) is 5.00. The van der Waals surface area contributed by atoms with E-state index in [0.717, 1.165) is 4.68 Å². The van der Waals surface area contributed by atoms with Gasteiger partial charge in [0.25, 0.3) is 0 Å². The van der Waals surface area contributed by atoms with Crippen molar-refractivity contribution in [3.63, 3.8) is 0 Å². The summed E-state index contributed by atoms with van der Waals surface area (Å²) in [5, 5.41) is 17.4. The average molecular weight is 572 g/mol. The van der Waals surface area contributed by atoms with Gasteiger partial charge in [-0.3, -0.25) is 19.3 Å². The number of nitrogens with zero attached hydrogens (tertiary/aromatic N) is 5. The van der Waals surface area contributed by atoms with E-state index in [1.807, 2.05) is 0 Å². The van der Waals surface area contributed by atoms with Gasteiger partial charge in [-0.25, -0.2) is 9.48 Å². The van der Waals surface area contributed by atoms with Gasteiger partial charge in [-0.1, -0.05) is 35.3 Å². The van der Waals surface area contributed by atoms with Crippen molar-refractivity contribution in [2.45, 2.75) is 25.4 Å². The third-order valence-corrected chi connectivity index (χ3v) is 5.68. The Labute approximate surface area is 224 Å². The molecule has 15 heteroatoms. The zero-order valence-corrected chi connectivity index (χ0v) is 21.3. The molecule has 10 nitrogen and oxygen atoms in total. The van der Waals surface area contributed by atoms with Crippen LogP contribution in [0.15, 0.2) is 63.3 Å². The topological polar surface area (TPSA) is 140 Å². The number of aliphatic hydroxyl groups is 1. The van der Waals surface area contributed by atoms with Gasteiger partial charge in [0.15, 0.2) is 11.9 Å². The Morgan fingerprint density at radius 3 is 2.42 bits per heavy atom. The number of alkyl halides is 3. The quantitative estimate of drug-likeness (QED) is 0.281. The molecule has 1 atom stereocenters. The zero-order valence-electron chi connectivity index (χ0n) is 19.8. The van der Waals surface area contributed by atoms with Crippen LogP contribution in [0.3, 0.4) is 0 Å². The van der Waals surface area contributed by atoms with Gasteiger partial charge in [0.1, 0.15) is 24.8 Å². The van der Waals surface area contributed by atoms with Crippen molar-refractivity contribution in [3.8, 4) is 11.4 Å². The summed E-state index contributed by atoms with van der Waals surface area (Å²) in [6, 6.07) is 12.6. The number of aliphatic imine (C=N–C) groups is 2. The summed E-state index contributed by atoms with van der Waals surface area (Å²) in [4.78, 5) is 32.8. The fourth-order valence-electron chi connectivity index (χ4n) is 3.28. The number of nitrogens with two attached hydrogens (primary N) is 1. The van der Waals surface area contributed by atoms with Crippen LogP contribution in [-0.4, -0.2) is 62.9 Å². The maximum absolute atomic E-state index is 13.2. The van der Waals surface area contributed by atoms with E-state index in [1.165, 1.54) is 31.3 Å². The van der Waals surface area contributed by atoms with E-state index >= 15 is 0 Å². The molecular formula is C23H22Cl2F3N7O3. The van der Waals surface area contributed by atoms with Crippen molar-refractivity contribution in [2.75, 3.05) is 13.6 Å². The van der Waals surface area contributed by atoms with Crippen molar-refractivity contribution in [1.29, 1.82) is 0 Å². The molecular weight excluding hydrogens is 550 g/mol. The number of halogens is 5. The first kappa shape index (κ1) is 28.9. The summed E-state index contributed by atoms with van der Waals surface area (Å²) < 4.78 is 40.9. The maximum Gasteiger partial charge on any atom is 0.416 e. The fourth-order valence-corrected chi connectivity index (χ4v) is 3.63. The molecule has 3 aromatic rings. The Morgan fingerprint density at radius 2 is 1.84 bits per heavy atom. The lowest BCUT2D eigenvalue weighted by atomic mass is 10.2. The number of benzene rings is 2. The second-order valence-electron chi connectivity index (χ2n) is 7.85. The average Bonchev–Trinajstić information content (AvgIpc) is 3.15. The Balaban J connectivity index is 2.05. The van der Waals surface area contributed by atoms with Crippen LogP contribution in [-0.2, 0) is 17.9 Å². The number of nitrogens with one attached hydrogen (secondary N) is 1. The van der Waals surface area contributed by atoms with Gasteiger partial charge in [-0.2, -0.15) is 13.2 Å². The Morgan fingerprint density at radius 1 is 1.18 bits per heavy atom. The largest absolute Gasteiger partial charge is 0.416 e. The van der Waals surface area contributed by atoms with Gasteiger partial charge in [0.05, 0.1) is 11.6 Å². The van der Waals surface area contributed by atoms with Crippen LogP contribution in [0, 0.1) is 0 Å². The minimum atomic E-state index is -4.98. The molecule has 202 valence electrons. The van der Waals surface area contributed by atoms with E-state index in [-0.39, 0.29) is 23.1 Å². The van der Waals surface area contributed by atoms with Gasteiger partial charge >= 0.3 is 11.9 Å². The molecule has 0 saturated carbocycles. The molecule has 4 N–H and O–H groups in total. The predicted molar refractivity (Wildman–Crippen MR) is 138 cm³/mol. The molecule has 0 radical (unpaired) electrons. The number of hydrogen-bond donors (Lipinski definition) is 3. The van der Waals surface area contributed by atoms with E-state index in [1.54, 1.807) is 24.3 Å². The van der Waals surface area contributed by atoms with Gasteiger partial charge in [0, 0.05) is 23.2 Å². The second kappa shape index (κ2) is 12.2. The van der Waals surface area contributed by atoms with Gasteiger partial charge < -0.3 is 16.2 Å². The molecule has 1 heterocycles. The zero-order chi connectivity index (χ0) is 28.0. The molecule has 2 aromatic carbocycles. The standard InChI is InChI=1S/C23H22Cl2F3N7O3/c1-30-20(15-4-2-3-5-16(15)25)32-19(31-10-18(29)37)12-35-22(38)34(11-17(36)23(26,27)28)21(33-35)13-6-8-14(24)9-7-13/h2-9,17,36H,10-12H2,1H3,(H2,29,37)(H,30,31,32)/t17-/m0/s1. The highest BCUT2D eigenvalue weighted by Gasteiger charge is 2.39. The Hall–Kier alpha value is -3.68. The molecule has 0 saturated heterocycles. The number of amides is 1. The fraction of sp³-hybridized carbons (Fsp3) is 0.261. The van der Waals surface area contributed by atoms with Crippen molar-refractivity contribution in [1.82, 2.24) is 19.7 Å². The molecule has 0 aliphatic heterocycles. The molecule has 38 heavy (non-hydrogen) atoms. The van der Waals surface area contributed by atoms with Crippen LogP contribution in [0.1, 0.15) is 5.56 Å². The van der Waals surface area contributed by atoms with Crippen LogP contribution in [0.5, 0.6) is 0 Å². The van der Waals surface area contributed by atoms with E-state index in [4.69, 9.17) is 28.9 Å². The van der Waals surface area contributed by atoms with E-state index in [2.05, 4.69) is 20.4 Å². The van der Waals surface area contributed by atoms with Crippen LogP contribution in [0.2, 0.25) is 10.0 Å². The first-order valence-corrected chi connectivity index (χ1v) is 11.6. The normalized spacial score (nSPS) is 13.4. The molecule has 0 bridgehead atoms. The van der Waals surface area contributed by atoms with Crippen molar-refractivity contribution in [3.05, 3.63) is 74.6 Å². The molecule has 0 aliphatic carbocycles. The lowest BCUT2D eigenvalue weighted by Gasteiger charge is -2.15. The molecule has 1 amide bonds. The maximum atomic E-state index is 13.2. The minimum Gasteiger partial charge on any atom is -0.382 e. The SMILES string of the molecule is CN=C(NC(Cn1nc(-c2ccc(Cl)cc2)n(C[C@H](O)C(F)(F)F)c1=O)=NCC(N)=O)c1ccccc1Cl. The highest BCUT2D eigenvalue weighted by atomic mass is 35.5. The van der Waals surface area contributed by atoms with Crippen molar-refractivity contribution in [2.24, 2.45) is 15.7 Å². The first-order valence-electron chi connectivity index (χ1n) is 10.9. The monoisotopic (exact) mass is 571 g/mol. The van der Waals surface area contributed by atoms with E-state index < -0.39 is 43.5 Å². The third kappa shape index (κ3) is 7.21. The lowest BCUT2D eigenvalue weighted by molar-refractivity contribution is -0.207. The third-order valence-electron chi connectivity index (χ3n) is 5.10. The summed E-state index contributed by atoms with van der Waals surface area (Å²) in [5.74, 6) is -0.698. The number of hydrogen-bond acceptors (Lipinski definition) is 6. The lowest BCUT2D eigenvalue weighted by Crippen LogP contribution is -2.40. The number of aromatic nitrogens is 3. The van der Waals surface area contributed by atoms with Gasteiger partial charge in [-0.15, -0.1) is 5.10 Å². The number of aliphatic hydroxyl groups excluding tert-OH is 1. The van der Waals surface area contributed by atoms with Crippen LogP contribution in [0.4, 0.5) is 13.2 Å². The number of rotatable bonds is 8. The summed E-state index contributed by atoms with van der Waals surface area (Å²) in [7, 11) is 1.47. The van der Waals surface area contributed by atoms with Crippen molar-refractivity contribution < 1.29 is 23.1 Å². The smallest absolute Gasteiger partial charge is 0.382 e. The minimum absolute atomic E-state index is 0.00454. The van der Waals surface area contributed by atoms with Crippen LogP contribution < -0.4 is 16.7 Å². The Bertz CT molecular complexity index is 1420. The number of carbonyl (C=O) groups excluding carboxylic acids is 1.